The highest BCUT2D eigenvalue weighted by atomic mass is 35.5. The standard InChI is InChI=1S/C6H9ClN2O/c1-2-9-6(4-10)5(7)3-8-9/h3,10H,2,4H2,1H3. The SMILES string of the molecule is CCn1ncc(Cl)c1CO. The Labute approximate surface area is 64.2 Å². The zero-order valence-electron chi connectivity index (χ0n) is 5.71. The van der Waals surface area contributed by atoms with Crippen molar-refractivity contribution in [2.45, 2.75) is 20.1 Å². The third-order valence-corrected chi connectivity index (χ3v) is 1.66. The molecule has 10 heavy (non-hydrogen) atoms. The van der Waals surface area contributed by atoms with Gasteiger partial charge in [-0.25, -0.2) is 0 Å². The summed E-state index contributed by atoms with van der Waals surface area (Å²) in [4.78, 5) is 0. The van der Waals surface area contributed by atoms with Crippen molar-refractivity contribution in [3.63, 3.8) is 0 Å². The smallest absolute Gasteiger partial charge is 0.0865 e. The van der Waals surface area contributed by atoms with E-state index in [4.69, 9.17) is 16.7 Å². The normalized spacial score (nSPS) is 10.3. The Morgan fingerprint density at radius 2 is 2.50 bits per heavy atom. The average molecular weight is 161 g/mol. The van der Waals surface area contributed by atoms with Gasteiger partial charge in [0.15, 0.2) is 0 Å². The summed E-state index contributed by atoms with van der Waals surface area (Å²) < 4.78 is 1.67. The Morgan fingerprint density at radius 1 is 1.80 bits per heavy atom. The van der Waals surface area contributed by atoms with Crippen LogP contribution in [0.5, 0.6) is 0 Å². The fourth-order valence-electron chi connectivity index (χ4n) is 0.818. The number of aliphatic hydroxyl groups is 1. The van der Waals surface area contributed by atoms with Crippen LogP contribution < -0.4 is 0 Å². The van der Waals surface area contributed by atoms with Gasteiger partial charge in [-0.1, -0.05) is 11.6 Å². The molecule has 1 rings (SSSR count). The number of aromatic nitrogens is 2. The molecular weight excluding hydrogens is 152 g/mol. The zero-order valence-corrected chi connectivity index (χ0v) is 6.47. The van der Waals surface area contributed by atoms with Crippen molar-refractivity contribution in [2.75, 3.05) is 0 Å². The summed E-state index contributed by atoms with van der Waals surface area (Å²) in [5.74, 6) is 0. The van der Waals surface area contributed by atoms with Gasteiger partial charge in [0.1, 0.15) is 0 Å². The number of hydrogen-bond donors (Lipinski definition) is 1. The molecule has 0 fully saturated rings. The minimum absolute atomic E-state index is 0.0489. The molecule has 0 saturated carbocycles. The van der Waals surface area contributed by atoms with Gasteiger partial charge in [-0.2, -0.15) is 5.10 Å². The van der Waals surface area contributed by atoms with E-state index in [2.05, 4.69) is 5.10 Å². The highest BCUT2D eigenvalue weighted by Crippen LogP contribution is 2.13. The third-order valence-electron chi connectivity index (χ3n) is 1.35. The zero-order chi connectivity index (χ0) is 7.56. The van der Waals surface area contributed by atoms with Crippen LogP contribution in [-0.4, -0.2) is 14.9 Å². The maximum absolute atomic E-state index is 8.77. The first kappa shape index (κ1) is 7.57. The van der Waals surface area contributed by atoms with Gasteiger partial charge in [0.2, 0.25) is 0 Å². The monoisotopic (exact) mass is 160 g/mol. The van der Waals surface area contributed by atoms with Crippen molar-refractivity contribution < 1.29 is 5.11 Å². The van der Waals surface area contributed by atoms with Crippen LogP contribution in [0, 0.1) is 0 Å². The Kier molecular flexibility index (Phi) is 2.29. The van der Waals surface area contributed by atoms with E-state index in [0.29, 0.717) is 10.7 Å². The number of hydrogen-bond acceptors (Lipinski definition) is 2. The van der Waals surface area contributed by atoms with E-state index in [1.54, 1.807) is 4.68 Å². The average Bonchev–Trinajstić information content (AvgIpc) is 2.30. The van der Waals surface area contributed by atoms with Gasteiger partial charge in [0.05, 0.1) is 23.5 Å². The molecule has 3 nitrogen and oxygen atoms in total. The highest BCUT2D eigenvalue weighted by molar-refractivity contribution is 6.31. The first-order chi connectivity index (χ1) is 4.79. The van der Waals surface area contributed by atoms with Crippen molar-refractivity contribution in [1.29, 1.82) is 0 Å². The van der Waals surface area contributed by atoms with Crippen LogP contribution in [0.3, 0.4) is 0 Å². The lowest BCUT2D eigenvalue weighted by Crippen LogP contribution is -2.01. The minimum atomic E-state index is -0.0489. The molecule has 0 unspecified atom stereocenters. The number of aryl methyl sites for hydroxylation is 1. The quantitative estimate of drug-likeness (QED) is 0.703. The van der Waals surface area contributed by atoms with Crippen LogP contribution in [0.2, 0.25) is 5.02 Å². The second kappa shape index (κ2) is 3.03. The van der Waals surface area contributed by atoms with Crippen LogP contribution >= 0.6 is 11.6 Å². The van der Waals surface area contributed by atoms with Gasteiger partial charge in [0, 0.05) is 6.54 Å². The van der Waals surface area contributed by atoms with Crippen LogP contribution in [0.25, 0.3) is 0 Å². The van der Waals surface area contributed by atoms with Crippen molar-refractivity contribution in [3.05, 3.63) is 16.9 Å². The summed E-state index contributed by atoms with van der Waals surface area (Å²) in [6.07, 6.45) is 1.54. The molecule has 0 saturated heterocycles. The fourth-order valence-corrected chi connectivity index (χ4v) is 1.02. The number of aliphatic hydroxyl groups excluding tert-OH is 1. The summed E-state index contributed by atoms with van der Waals surface area (Å²) in [5, 5.41) is 13.2. The molecule has 56 valence electrons. The maximum atomic E-state index is 8.77. The molecular formula is C6H9ClN2O. The van der Waals surface area contributed by atoms with Crippen LogP contribution in [-0.2, 0) is 13.2 Å². The lowest BCUT2D eigenvalue weighted by molar-refractivity contribution is 0.268. The Balaban J connectivity index is 3.01. The van der Waals surface area contributed by atoms with E-state index >= 15 is 0 Å². The van der Waals surface area contributed by atoms with Gasteiger partial charge in [-0.05, 0) is 6.92 Å². The Hall–Kier alpha value is -0.540. The van der Waals surface area contributed by atoms with Crippen LogP contribution in [0.15, 0.2) is 6.20 Å². The molecule has 1 N–H and O–H groups in total. The largest absolute Gasteiger partial charge is 0.390 e. The predicted molar refractivity (Wildman–Crippen MR) is 38.8 cm³/mol. The van der Waals surface area contributed by atoms with Crippen molar-refractivity contribution in [2.24, 2.45) is 0 Å². The summed E-state index contributed by atoms with van der Waals surface area (Å²) in [7, 11) is 0. The van der Waals surface area contributed by atoms with Gasteiger partial charge in [-0.15, -0.1) is 0 Å². The molecule has 0 atom stereocenters. The molecule has 4 heteroatoms. The molecule has 0 aromatic carbocycles. The molecule has 0 aliphatic carbocycles. The number of nitrogens with zero attached hydrogens (tertiary/aromatic N) is 2. The van der Waals surface area contributed by atoms with Gasteiger partial charge in [-0.3, -0.25) is 4.68 Å². The first-order valence-electron chi connectivity index (χ1n) is 3.10. The third kappa shape index (κ3) is 1.15. The topological polar surface area (TPSA) is 38.0 Å². The Morgan fingerprint density at radius 3 is 2.90 bits per heavy atom. The van der Waals surface area contributed by atoms with Crippen LogP contribution in [0.1, 0.15) is 12.6 Å². The molecule has 1 aromatic heterocycles. The summed E-state index contributed by atoms with van der Waals surface area (Å²) in [5.41, 5.74) is 0.684. The van der Waals surface area contributed by atoms with Crippen LogP contribution in [0.4, 0.5) is 0 Å². The van der Waals surface area contributed by atoms with E-state index in [1.807, 2.05) is 6.92 Å². The van der Waals surface area contributed by atoms with Crippen molar-refractivity contribution in [3.8, 4) is 0 Å². The molecule has 0 aliphatic rings. The lowest BCUT2D eigenvalue weighted by Gasteiger charge is -1.99. The molecule has 1 aromatic rings. The second-order valence-corrected chi connectivity index (χ2v) is 2.32. The van der Waals surface area contributed by atoms with Gasteiger partial charge >= 0.3 is 0 Å². The lowest BCUT2D eigenvalue weighted by atomic mass is 10.4. The minimum Gasteiger partial charge on any atom is -0.390 e. The van der Waals surface area contributed by atoms with Gasteiger partial charge < -0.3 is 5.11 Å². The van der Waals surface area contributed by atoms with E-state index in [1.165, 1.54) is 6.20 Å². The molecule has 0 amide bonds. The van der Waals surface area contributed by atoms with Crippen molar-refractivity contribution >= 4 is 11.6 Å². The molecule has 0 aliphatic heterocycles. The van der Waals surface area contributed by atoms with E-state index in [9.17, 15) is 0 Å². The summed E-state index contributed by atoms with van der Waals surface area (Å²) in [6.45, 7) is 2.64. The summed E-state index contributed by atoms with van der Waals surface area (Å²) >= 11 is 5.68. The molecule has 1 heterocycles. The van der Waals surface area contributed by atoms with E-state index < -0.39 is 0 Å². The number of rotatable bonds is 2. The maximum Gasteiger partial charge on any atom is 0.0865 e. The molecule has 0 bridgehead atoms. The van der Waals surface area contributed by atoms with E-state index in [0.717, 1.165) is 6.54 Å². The first-order valence-corrected chi connectivity index (χ1v) is 3.48. The second-order valence-electron chi connectivity index (χ2n) is 1.91. The Bertz CT molecular complexity index is 222. The number of halogens is 1. The van der Waals surface area contributed by atoms with E-state index in [-0.39, 0.29) is 6.61 Å². The molecule has 0 spiro atoms. The van der Waals surface area contributed by atoms with Gasteiger partial charge in [0.25, 0.3) is 0 Å². The predicted octanol–water partition coefficient (Wildman–Crippen LogP) is 1.05. The fraction of sp³-hybridized carbons (Fsp3) is 0.500. The molecule has 0 radical (unpaired) electrons. The highest BCUT2D eigenvalue weighted by Gasteiger charge is 2.04. The van der Waals surface area contributed by atoms with Crippen molar-refractivity contribution in [1.82, 2.24) is 9.78 Å². The summed E-state index contributed by atoms with van der Waals surface area (Å²) in [6, 6.07) is 0.